The zero-order chi connectivity index (χ0) is 16.7. The van der Waals surface area contributed by atoms with E-state index in [1.807, 2.05) is 24.3 Å². The summed E-state index contributed by atoms with van der Waals surface area (Å²) >= 11 is 0. The number of anilines is 1. The normalized spacial score (nSPS) is 10.3. The summed E-state index contributed by atoms with van der Waals surface area (Å²) in [5.74, 6) is 1.37. The summed E-state index contributed by atoms with van der Waals surface area (Å²) in [6, 6.07) is 9.65. The number of nitrogens with zero attached hydrogens (tertiary/aromatic N) is 3. The molecule has 0 saturated heterocycles. The molecule has 23 heavy (non-hydrogen) atoms. The van der Waals surface area contributed by atoms with E-state index in [1.54, 1.807) is 11.8 Å². The van der Waals surface area contributed by atoms with Crippen molar-refractivity contribution in [2.24, 2.45) is 0 Å². The van der Waals surface area contributed by atoms with Crippen LogP contribution in [0.3, 0.4) is 0 Å². The highest BCUT2D eigenvalue weighted by Gasteiger charge is 2.17. The third kappa shape index (κ3) is 3.95. The molecule has 2 aromatic rings. The highest BCUT2D eigenvalue weighted by Crippen LogP contribution is 2.26. The number of nitrogen functional groups attached to an aromatic ring is 1. The minimum absolute atomic E-state index is 0.268. The number of aryl methyl sites for hydroxylation is 1. The first-order chi connectivity index (χ1) is 11.2. The van der Waals surface area contributed by atoms with Crippen molar-refractivity contribution >= 4 is 5.82 Å². The Bertz CT molecular complexity index is 688. The van der Waals surface area contributed by atoms with Gasteiger partial charge in [0.2, 0.25) is 0 Å². The molecule has 0 aliphatic carbocycles. The molecule has 0 bridgehead atoms. The number of nitrogens with two attached hydrogens (primary N) is 1. The monoisotopic (exact) mass is 314 g/mol. The maximum absolute atomic E-state index is 9.29. The van der Waals surface area contributed by atoms with Crippen molar-refractivity contribution in [2.75, 3.05) is 12.8 Å². The van der Waals surface area contributed by atoms with Crippen LogP contribution in [0.4, 0.5) is 5.82 Å². The molecule has 0 unspecified atom stereocenters. The highest BCUT2D eigenvalue weighted by molar-refractivity contribution is 5.55. The molecule has 0 atom stereocenters. The van der Waals surface area contributed by atoms with Crippen molar-refractivity contribution < 1.29 is 9.47 Å². The van der Waals surface area contributed by atoms with Crippen LogP contribution in [0.15, 0.2) is 24.3 Å². The minimum atomic E-state index is 0.268. The fourth-order valence-corrected chi connectivity index (χ4v) is 2.31. The molecule has 0 aliphatic rings. The molecule has 1 heterocycles. The van der Waals surface area contributed by atoms with Crippen molar-refractivity contribution in [2.45, 2.75) is 39.3 Å². The molecular weight excluding hydrogens is 292 g/mol. The second-order valence-electron chi connectivity index (χ2n) is 5.21. The number of rotatable bonds is 8. The number of hydrogen-bond acceptors (Lipinski definition) is 5. The third-order valence-electron chi connectivity index (χ3n) is 3.60. The van der Waals surface area contributed by atoms with Crippen LogP contribution in [0.5, 0.6) is 11.6 Å². The quantitative estimate of drug-likeness (QED) is 0.757. The van der Waals surface area contributed by atoms with E-state index in [9.17, 15) is 5.26 Å². The first-order valence-corrected chi connectivity index (χ1v) is 7.72. The Hall–Kier alpha value is -2.68. The Kier molecular flexibility index (Phi) is 5.87. The zero-order valence-corrected chi connectivity index (χ0v) is 13.6. The fraction of sp³-hybridized carbons (Fsp3) is 0.412. The van der Waals surface area contributed by atoms with Gasteiger partial charge in [0.25, 0.3) is 5.88 Å². The number of nitriles is 1. The molecule has 6 nitrogen and oxygen atoms in total. The van der Waals surface area contributed by atoms with Gasteiger partial charge in [-0.05, 0) is 12.5 Å². The van der Waals surface area contributed by atoms with Crippen molar-refractivity contribution in [3.63, 3.8) is 0 Å². The number of aromatic nitrogens is 2. The summed E-state index contributed by atoms with van der Waals surface area (Å²) in [5, 5.41) is 13.6. The molecule has 2 N–H and O–H groups in total. The molecule has 122 valence electrons. The van der Waals surface area contributed by atoms with Gasteiger partial charge in [0.1, 0.15) is 24.2 Å². The van der Waals surface area contributed by atoms with Gasteiger partial charge in [0.15, 0.2) is 5.56 Å². The van der Waals surface area contributed by atoms with Crippen LogP contribution in [0.1, 0.15) is 37.3 Å². The van der Waals surface area contributed by atoms with Crippen molar-refractivity contribution in [1.82, 2.24) is 9.78 Å². The molecule has 0 radical (unpaired) electrons. The Morgan fingerprint density at radius 3 is 2.78 bits per heavy atom. The summed E-state index contributed by atoms with van der Waals surface area (Å²) in [6.45, 7) is 3.09. The number of para-hydroxylation sites is 1. The van der Waals surface area contributed by atoms with E-state index >= 15 is 0 Å². The van der Waals surface area contributed by atoms with Gasteiger partial charge in [-0.1, -0.05) is 38.0 Å². The first kappa shape index (κ1) is 16.7. The van der Waals surface area contributed by atoms with Crippen molar-refractivity contribution in [1.29, 1.82) is 5.26 Å². The van der Waals surface area contributed by atoms with E-state index in [4.69, 9.17) is 15.2 Å². The summed E-state index contributed by atoms with van der Waals surface area (Å²) in [4.78, 5) is 0. The van der Waals surface area contributed by atoms with Crippen LogP contribution in [-0.4, -0.2) is 16.9 Å². The topological polar surface area (TPSA) is 86.1 Å². The average molecular weight is 314 g/mol. The third-order valence-corrected chi connectivity index (χ3v) is 3.60. The second kappa shape index (κ2) is 8.08. The maximum Gasteiger partial charge on any atom is 0.253 e. The van der Waals surface area contributed by atoms with Gasteiger partial charge in [0.05, 0.1) is 7.11 Å². The average Bonchev–Trinajstić information content (AvgIpc) is 2.88. The fourth-order valence-electron chi connectivity index (χ4n) is 2.31. The SMILES string of the molecule is CCCCCn1nc(OCc2ccccc2OC)c(C#N)c1N. The van der Waals surface area contributed by atoms with Crippen LogP contribution in [0.25, 0.3) is 0 Å². The van der Waals surface area contributed by atoms with Crippen LogP contribution in [0.2, 0.25) is 0 Å². The number of methoxy groups -OCH3 is 1. The van der Waals surface area contributed by atoms with Crippen molar-refractivity contribution in [3.8, 4) is 17.7 Å². The van der Waals surface area contributed by atoms with Gasteiger partial charge in [0, 0.05) is 12.1 Å². The Morgan fingerprint density at radius 1 is 1.30 bits per heavy atom. The van der Waals surface area contributed by atoms with E-state index < -0.39 is 0 Å². The summed E-state index contributed by atoms with van der Waals surface area (Å²) < 4.78 is 12.6. The lowest BCUT2D eigenvalue weighted by molar-refractivity contribution is 0.281. The predicted molar refractivity (Wildman–Crippen MR) is 88.2 cm³/mol. The highest BCUT2D eigenvalue weighted by atomic mass is 16.5. The van der Waals surface area contributed by atoms with Gasteiger partial charge in [-0.25, -0.2) is 4.68 Å². The largest absolute Gasteiger partial charge is 0.496 e. The standard InChI is InChI=1S/C17H22N4O2/c1-3-4-7-10-21-16(19)14(11-18)17(20-21)23-12-13-8-5-6-9-15(13)22-2/h5-6,8-9H,3-4,7,10,12,19H2,1-2H3. The lowest BCUT2D eigenvalue weighted by Crippen LogP contribution is -2.05. The Morgan fingerprint density at radius 2 is 2.09 bits per heavy atom. The van der Waals surface area contributed by atoms with E-state index in [2.05, 4.69) is 18.1 Å². The molecule has 0 spiro atoms. The smallest absolute Gasteiger partial charge is 0.253 e. The molecular formula is C17H22N4O2. The molecule has 0 fully saturated rings. The number of unbranched alkanes of at least 4 members (excludes halogenated alkanes) is 2. The van der Waals surface area contributed by atoms with Crippen LogP contribution in [-0.2, 0) is 13.2 Å². The second-order valence-corrected chi connectivity index (χ2v) is 5.21. The van der Waals surface area contributed by atoms with E-state index in [0.29, 0.717) is 12.4 Å². The number of benzene rings is 1. The van der Waals surface area contributed by atoms with Gasteiger partial charge < -0.3 is 15.2 Å². The lowest BCUT2D eigenvalue weighted by atomic mass is 10.2. The first-order valence-electron chi connectivity index (χ1n) is 7.72. The van der Waals surface area contributed by atoms with Gasteiger partial charge in [-0.15, -0.1) is 5.10 Å². The predicted octanol–water partition coefficient (Wildman–Crippen LogP) is 3.11. The van der Waals surface area contributed by atoms with Gasteiger partial charge >= 0.3 is 0 Å². The summed E-state index contributed by atoms with van der Waals surface area (Å²) in [6.07, 6.45) is 3.18. The van der Waals surface area contributed by atoms with E-state index in [-0.39, 0.29) is 18.1 Å². The molecule has 1 aromatic heterocycles. The Labute approximate surface area is 136 Å². The maximum atomic E-state index is 9.29. The molecule has 1 aromatic carbocycles. The van der Waals surface area contributed by atoms with E-state index in [1.165, 1.54) is 0 Å². The van der Waals surface area contributed by atoms with Gasteiger partial charge in [-0.3, -0.25) is 0 Å². The van der Waals surface area contributed by atoms with E-state index in [0.717, 1.165) is 30.6 Å². The lowest BCUT2D eigenvalue weighted by Gasteiger charge is -2.08. The minimum Gasteiger partial charge on any atom is -0.496 e. The van der Waals surface area contributed by atoms with Crippen LogP contribution >= 0.6 is 0 Å². The molecule has 6 heteroatoms. The number of ether oxygens (including phenoxy) is 2. The number of hydrogen-bond donors (Lipinski definition) is 1. The molecule has 0 saturated carbocycles. The molecule has 0 aliphatic heterocycles. The van der Waals surface area contributed by atoms with Crippen LogP contribution in [0, 0.1) is 11.3 Å². The molecule has 0 amide bonds. The van der Waals surface area contributed by atoms with Gasteiger partial charge in [-0.2, -0.15) is 5.26 Å². The summed E-state index contributed by atoms with van der Waals surface area (Å²) in [5.41, 5.74) is 7.17. The zero-order valence-electron chi connectivity index (χ0n) is 13.6. The molecule has 2 rings (SSSR count). The van der Waals surface area contributed by atoms with Crippen molar-refractivity contribution in [3.05, 3.63) is 35.4 Å². The summed E-state index contributed by atoms with van der Waals surface area (Å²) in [7, 11) is 1.61. The Balaban J connectivity index is 2.13. The van der Waals surface area contributed by atoms with Crippen LogP contribution < -0.4 is 15.2 Å².